The Labute approximate surface area is 138 Å². The number of likely N-dealkylation sites (tertiary alicyclic amines) is 1. The van der Waals surface area contributed by atoms with E-state index in [-0.39, 0.29) is 11.9 Å². The van der Waals surface area contributed by atoms with Gasteiger partial charge in [-0.05, 0) is 55.1 Å². The van der Waals surface area contributed by atoms with E-state index in [1.807, 2.05) is 24.8 Å². The van der Waals surface area contributed by atoms with E-state index in [1.54, 1.807) is 22.0 Å². The standard InChI is InChI=1S/C17H18N4OS/c1-11-8-12(2)21-16(19-11)14(9-18-21)17(22)20-6-3-4-15(20)13-5-7-23-10-13/h5,7-10,15H,3-4,6H2,1-2H3. The summed E-state index contributed by atoms with van der Waals surface area (Å²) in [5.41, 5.74) is 4.38. The minimum Gasteiger partial charge on any atom is -0.331 e. The number of aromatic nitrogens is 3. The van der Waals surface area contributed by atoms with Gasteiger partial charge in [-0.15, -0.1) is 0 Å². The van der Waals surface area contributed by atoms with Crippen molar-refractivity contribution >= 4 is 22.9 Å². The van der Waals surface area contributed by atoms with Gasteiger partial charge >= 0.3 is 0 Å². The van der Waals surface area contributed by atoms with Crippen molar-refractivity contribution in [2.24, 2.45) is 0 Å². The first-order valence-electron chi connectivity index (χ1n) is 7.80. The average Bonchev–Trinajstić information content (AvgIpc) is 3.25. The summed E-state index contributed by atoms with van der Waals surface area (Å²) in [5, 5.41) is 8.56. The second-order valence-corrected chi connectivity index (χ2v) is 6.83. The van der Waals surface area contributed by atoms with E-state index in [9.17, 15) is 4.79 Å². The van der Waals surface area contributed by atoms with Crippen LogP contribution in [0.2, 0.25) is 0 Å². The van der Waals surface area contributed by atoms with Crippen molar-refractivity contribution < 1.29 is 4.79 Å². The van der Waals surface area contributed by atoms with Crippen LogP contribution in [-0.4, -0.2) is 31.9 Å². The van der Waals surface area contributed by atoms with Gasteiger partial charge in [0, 0.05) is 17.9 Å². The van der Waals surface area contributed by atoms with Crippen LogP contribution in [0.5, 0.6) is 0 Å². The molecule has 1 aliphatic rings. The van der Waals surface area contributed by atoms with E-state index in [4.69, 9.17) is 0 Å². The van der Waals surface area contributed by atoms with Gasteiger partial charge in [0.1, 0.15) is 5.56 Å². The Hall–Kier alpha value is -2.21. The third kappa shape index (κ3) is 2.34. The highest BCUT2D eigenvalue weighted by Crippen LogP contribution is 2.34. The van der Waals surface area contributed by atoms with Gasteiger partial charge in [0.05, 0.1) is 12.2 Å². The van der Waals surface area contributed by atoms with Crippen LogP contribution in [0.15, 0.2) is 29.1 Å². The zero-order valence-corrected chi connectivity index (χ0v) is 14.0. The van der Waals surface area contributed by atoms with Gasteiger partial charge in [0.2, 0.25) is 0 Å². The molecule has 0 spiro atoms. The second-order valence-electron chi connectivity index (χ2n) is 6.05. The van der Waals surface area contributed by atoms with Crippen molar-refractivity contribution in [3.8, 4) is 0 Å². The molecule has 3 aromatic heterocycles. The molecule has 23 heavy (non-hydrogen) atoms. The Morgan fingerprint density at radius 3 is 3.04 bits per heavy atom. The molecule has 4 heterocycles. The minimum atomic E-state index is 0.0335. The molecule has 118 valence electrons. The molecule has 1 fully saturated rings. The molecule has 6 heteroatoms. The van der Waals surface area contributed by atoms with Gasteiger partial charge in [-0.25, -0.2) is 9.50 Å². The molecule has 0 aromatic carbocycles. The summed E-state index contributed by atoms with van der Waals surface area (Å²) >= 11 is 1.68. The van der Waals surface area contributed by atoms with Gasteiger partial charge < -0.3 is 4.90 Å². The van der Waals surface area contributed by atoms with Crippen LogP contribution in [-0.2, 0) is 0 Å². The van der Waals surface area contributed by atoms with Gasteiger partial charge in [0.15, 0.2) is 5.65 Å². The number of hydrogen-bond donors (Lipinski definition) is 0. The van der Waals surface area contributed by atoms with Crippen LogP contribution in [0.4, 0.5) is 0 Å². The number of amides is 1. The summed E-state index contributed by atoms with van der Waals surface area (Å²) in [6, 6.07) is 4.26. The Bertz CT molecular complexity index is 868. The number of carbonyl (C=O) groups excluding carboxylic acids is 1. The fourth-order valence-corrected chi connectivity index (χ4v) is 4.10. The lowest BCUT2D eigenvalue weighted by molar-refractivity contribution is 0.0737. The topological polar surface area (TPSA) is 50.5 Å². The molecule has 1 unspecified atom stereocenters. The van der Waals surface area contributed by atoms with Crippen LogP contribution >= 0.6 is 11.3 Å². The second kappa shape index (κ2) is 5.45. The Morgan fingerprint density at radius 1 is 1.39 bits per heavy atom. The lowest BCUT2D eigenvalue weighted by Crippen LogP contribution is -2.30. The summed E-state index contributed by atoms with van der Waals surface area (Å²) in [4.78, 5) is 19.6. The molecule has 0 radical (unpaired) electrons. The first-order valence-corrected chi connectivity index (χ1v) is 8.74. The van der Waals surface area contributed by atoms with Gasteiger partial charge in [-0.2, -0.15) is 16.4 Å². The van der Waals surface area contributed by atoms with Crippen molar-refractivity contribution in [3.63, 3.8) is 0 Å². The van der Waals surface area contributed by atoms with Gasteiger partial charge in [-0.1, -0.05) is 0 Å². The first-order chi connectivity index (χ1) is 11.1. The summed E-state index contributed by atoms with van der Waals surface area (Å²) in [6.45, 7) is 4.71. The molecule has 0 aliphatic carbocycles. The average molecular weight is 326 g/mol. The van der Waals surface area contributed by atoms with Gasteiger partial charge in [-0.3, -0.25) is 4.79 Å². The summed E-state index contributed by atoms with van der Waals surface area (Å²) in [5.74, 6) is 0.0335. The minimum absolute atomic E-state index is 0.0335. The molecule has 3 aromatic rings. The summed E-state index contributed by atoms with van der Waals surface area (Å²) in [7, 11) is 0. The van der Waals surface area contributed by atoms with Crippen molar-refractivity contribution in [3.05, 3.63) is 51.6 Å². The van der Waals surface area contributed by atoms with E-state index in [0.717, 1.165) is 30.8 Å². The molecule has 4 rings (SSSR count). The third-order valence-electron chi connectivity index (χ3n) is 4.45. The Morgan fingerprint density at radius 2 is 2.26 bits per heavy atom. The highest BCUT2D eigenvalue weighted by Gasteiger charge is 2.32. The number of aryl methyl sites for hydroxylation is 2. The summed E-state index contributed by atoms with van der Waals surface area (Å²) in [6.07, 6.45) is 3.71. The van der Waals surface area contributed by atoms with E-state index in [2.05, 4.69) is 26.9 Å². The van der Waals surface area contributed by atoms with E-state index in [0.29, 0.717) is 11.2 Å². The number of carbonyl (C=O) groups is 1. The van der Waals surface area contributed by atoms with Gasteiger partial charge in [0.25, 0.3) is 5.91 Å². The van der Waals surface area contributed by atoms with E-state index >= 15 is 0 Å². The highest BCUT2D eigenvalue weighted by molar-refractivity contribution is 7.08. The smallest absolute Gasteiger partial charge is 0.259 e. The summed E-state index contributed by atoms with van der Waals surface area (Å²) < 4.78 is 1.75. The predicted octanol–water partition coefficient (Wildman–Crippen LogP) is 3.38. The maximum absolute atomic E-state index is 13.1. The van der Waals surface area contributed by atoms with Crippen molar-refractivity contribution in [2.75, 3.05) is 6.54 Å². The van der Waals surface area contributed by atoms with Crippen LogP contribution in [0.1, 0.15) is 46.2 Å². The lowest BCUT2D eigenvalue weighted by Gasteiger charge is -2.23. The number of hydrogen-bond acceptors (Lipinski definition) is 4. The van der Waals surface area contributed by atoms with Crippen LogP contribution < -0.4 is 0 Å². The van der Waals surface area contributed by atoms with Crippen LogP contribution in [0.3, 0.4) is 0 Å². The lowest BCUT2D eigenvalue weighted by atomic mass is 10.1. The monoisotopic (exact) mass is 326 g/mol. The van der Waals surface area contributed by atoms with E-state index in [1.165, 1.54) is 5.56 Å². The SMILES string of the molecule is Cc1cc(C)n2ncc(C(=O)N3CCCC3c3ccsc3)c2n1. The third-order valence-corrected chi connectivity index (χ3v) is 5.15. The number of thiophene rings is 1. The fraction of sp³-hybridized carbons (Fsp3) is 0.353. The molecular formula is C17H18N4OS. The molecule has 1 saturated heterocycles. The predicted molar refractivity (Wildman–Crippen MR) is 89.8 cm³/mol. The molecule has 0 N–H and O–H groups in total. The molecule has 5 nitrogen and oxygen atoms in total. The Balaban J connectivity index is 1.74. The normalized spacial score (nSPS) is 18.0. The highest BCUT2D eigenvalue weighted by atomic mass is 32.1. The molecule has 0 bridgehead atoms. The van der Waals surface area contributed by atoms with Crippen molar-refractivity contribution in [2.45, 2.75) is 32.7 Å². The van der Waals surface area contributed by atoms with Crippen molar-refractivity contribution in [1.29, 1.82) is 0 Å². The maximum Gasteiger partial charge on any atom is 0.259 e. The number of rotatable bonds is 2. The molecule has 1 aliphatic heterocycles. The molecular weight excluding hydrogens is 308 g/mol. The quantitative estimate of drug-likeness (QED) is 0.725. The van der Waals surface area contributed by atoms with Crippen molar-refractivity contribution in [1.82, 2.24) is 19.5 Å². The molecule has 1 atom stereocenters. The fourth-order valence-electron chi connectivity index (χ4n) is 3.40. The zero-order chi connectivity index (χ0) is 16.0. The van der Waals surface area contributed by atoms with Crippen LogP contribution in [0.25, 0.3) is 5.65 Å². The first kappa shape index (κ1) is 14.4. The number of fused-ring (bicyclic) bond motifs is 1. The van der Waals surface area contributed by atoms with Crippen LogP contribution in [0, 0.1) is 13.8 Å². The zero-order valence-electron chi connectivity index (χ0n) is 13.2. The largest absolute Gasteiger partial charge is 0.331 e. The van der Waals surface area contributed by atoms with E-state index < -0.39 is 0 Å². The Kier molecular flexibility index (Phi) is 3.41. The molecule has 0 saturated carbocycles. The number of nitrogens with zero attached hydrogens (tertiary/aromatic N) is 4. The maximum atomic E-state index is 13.1. The molecule has 1 amide bonds.